The Bertz CT molecular complexity index is 1270. The Labute approximate surface area is 260 Å². The second-order valence-electron chi connectivity index (χ2n) is 11.1. The molecule has 1 aliphatic rings. The number of allylic oxidation sites excluding steroid dienone is 1. The molecule has 1 saturated carbocycles. The first-order chi connectivity index (χ1) is 20.6. The van der Waals surface area contributed by atoms with E-state index in [9.17, 15) is 19.2 Å². The lowest BCUT2D eigenvalue weighted by molar-refractivity contribution is -0.151. The molecule has 0 radical (unpaired) electrons. The SMILES string of the molecule is C/C(=C(\CCOC(=O)CCCC(=O)O[C@H]1CC[C@H](N(C)C(=O)c2ccc3nonc3c2)CC1)SSCC(C)C)N(C)C=O. The number of amides is 2. The Kier molecular flexibility index (Phi) is 13.8. The van der Waals surface area contributed by atoms with Gasteiger partial charge in [-0.15, -0.1) is 0 Å². The largest absolute Gasteiger partial charge is 0.465 e. The van der Waals surface area contributed by atoms with Crippen LogP contribution in [0.1, 0.15) is 82.5 Å². The summed E-state index contributed by atoms with van der Waals surface area (Å²) in [6, 6.07) is 5.15. The molecule has 1 fully saturated rings. The van der Waals surface area contributed by atoms with Crippen LogP contribution < -0.4 is 0 Å². The van der Waals surface area contributed by atoms with Gasteiger partial charge in [0, 0.05) is 61.3 Å². The predicted octanol–water partition coefficient (Wildman–Crippen LogP) is 5.61. The van der Waals surface area contributed by atoms with Crippen LogP contribution in [0.5, 0.6) is 0 Å². The fourth-order valence-corrected chi connectivity index (χ4v) is 7.56. The average molecular weight is 635 g/mol. The minimum Gasteiger partial charge on any atom is -0.465 e. The van der Waals surface area contributed by atoms with Crippen molar-refractivity contribution in [2.75, 3.05) is 26.5 Å². The van der Waals surface area contributed by atoms with E-state index in [4.69, 9.17) is 14.1 Å². The van der Waals surface area contributed by atoms with Crippen molar-refractivity contribution >= 4 is 56.9 Å². The number of aromatic nitrogens is 2. The molecule has 0 atom stereocenters. The van der Waals surface area contributed by atoms with E-state index < -0.39 is 0 Å². The Hall–Kier alpha value is -3.06. The molecule has 3 rings (SSSR count). The summed E-state index contributed by atoms with van der Waals surface area (Å²) in [4.78, 5) is 53.1. The van der Waals surface area contributed by atoms with Crippen molar-refractivity contribution in [2.45, 2.75) is 84.3 Å². The quantitative estimate of drug-likeness (QED) is 0.130. The number of benzene rings is 1. The maximum Gasteiger partial charge on any atom is 0.306 e. The van der Waals surface area contributed by atoms with E-state index in [-0.39, 0.29) is 49.4 Å². The van der Waals surface area contributed by atoms with Crippen LogP contribution in [-0.4, -0.2) is 83.0 Å². The number of carbonyl (C=O) groups is 4. The Balaban J connectivity index is 1.33. The number of esters is 2. The van der Waals surface area contributed by atoms with Gasteiger partial charge in [-0.25, -0.2) is 4.63 Å². The Morgan fingerprint density at radius 1 is 1.05 bits per heavy atom. The lowest BCUT2D eigenvalue weighted by Crippen LogP contribution is -2.41. The minimum absolute atomic E-state index is 0.0496. The molecule has 1 aromatic heterocycles. The maximum absolute atomic E-state index is 13.0. The van der Waals surface area contributed by atoms with Crippen molar-refractivity contribution in [2.24, 2.45) is 5.92 Å². The minimum atomic E-state index is -0.361. The standard InChI is InChI=1S/C30H42N4O7S2/c1-20(2)18-42-43-27(21(3)33(4)19-35)15-16-39-28(36)7-6-8-29(37)40-24-12-10-23(11-13-24)34(5)30(38)22-9-14-25-26(17-22)32-41-31-25/h9,14,17,19-20,23-24H,6-8,10-13,15-16,18H2,1-5H3/b27-21-/t23-,24-. The summed E-state index contributed by atoms with van der Waals surface area (Å²) < 4.78 is 15.8. The van der Waals surface area contributed by atoms with Gasteiger partial charge in [0.15, 0.2) is 0 Å². The van der Waals surface area contributed by atoms with Gasteiger partial charge in [-0.2, -0.15) is 0 Å². The van der Waals surface area contributed by atoms with Crippen LogP contribution >= 0.6 is 21.6 Å². The smallest absolute Gasteiger partial charge is 0.306 e. The highest BCUT2D eigenvalue weighted by atomic mass is 33.1. The number of carbonyl (C=O) groups excluding carboxylic acids is 4. The van der Waals surface area contributed by atoms with Crippen molar-refractivity contribution in [3.63, 3.8) is 0 Å². The summed E-state index contributed by atoms with van der Waals surface area (Å²) in [6.07, 6.45) is 4.51. The highest BCUT2D eigenvalue weighted by Crippen LogP contribution is 2.36. The molecule has 1 aliphatic carbocycles. The molecule has 1 heterocycles. The monoisotopic (exact) mass is 634 g/mol. The first-order valence-electron chi connectivity index (χ1n) is 14.6. The molecule has 236 valence electrons. The zero-order valence-corrected chi connectivity index (χ0v) is 27.2. The van der Waals surface area contributed by atoms with E-state index in [2.05, 4.69) is 24.2 Å². The molecule has 0 N–H and O–H groups in total. The van der Waals surface area contributed by atoms with Gasteiger partial charge >= 0.3 is 11.9 Å². The first-order valence-corrected chi connectivity index (χ1v) is 16.9. The molecular formula is C30H42N4O7S2. The summed E-state index contributed by atoms with van der Waals surface area (Å²) in [5.74, 6) is 0.732. The van der Waals surface area contributed by atoms with Crippen LogP contribution in [0.4, 0.5) is 0 Å². The van der Waals surface area contributed by atoms with Crippen molar-refractivity contribution in [1.29, 1.82) is 0 Å². The summed E-state index contributed by atoms with van der Waals surface area (Å²) >= 11 is 0. The van der Waals surface area contributed by atoms with Crippen LogP contribution in [0.2, 0.25) is 0 Å². The summed E-state index contributed by atoms with van der Waals surface area (Å²) in [6.45, 7) is 6.39. The van der Waals surface area contributed by atoms with Crippen LogP contribution in [0.3, 0.4) is 0 Å². The third-order valence-electron chi connectivity index (χ3n) is 7.32. The van der Waals surface area contributed by atoms with Gasteiger partial charge in [-0.3, -0.25) is 19.2 Å². The highest BCUT2D eigenvalue weighted by Gasteiger charge is 2.29. The van der Waals surface area contributed by atoms with E-state index >= 15 is 0 Å². The number of nitrogens with zero attached hydrogens (tertiary/aromatic N) is 4. The molecule has 0 spiro atoms. The van der Waals surface area contributed by atoms with Gasteiger partial charge < -0.3 is 19.3 Å². The Morgan fingerprint density at radius 2 is 1.74 bits per heavy atom. The van der Waals surface area contributed by atoms with Crippen LogP contribution in [0.15, 0.2) is 33.4 Å². The van der Waals surface area contributed by atoms with Crippen LogP contribution in [-0.2, 0) is 23.9 Å². The van der Waals surface area contributed by atoms with Gasteiger partial charge in [0.2, 0.25) is 6.41 Å². The second-order valence-corrected chi connectivity index (χ2v) is 13.6. The molecule has 0 aliphatic heterocycles. The van der Waals surface area contributed by atoms with Gasteiger partial charge in [-0.05, 0) is 73.5 Å². The number of ether oxygens (including phenoxy) is 2. The summed E-state index contributed by atoms with van der Waals surface area (Å²) in [5.41, 5.74) is 2.50. The van der Waals surface area contributed by atoms with Crippen LogP contribution in [0, 0.1) is 5.92 Å². The molecule has 2 amide bonds. The molecular weight excluding hydrogens is 592 g/mol. The first kappa shape index (κ1) is 34.4. The van der Waals surface area contributed by atoms with E-state index in [1.165, 1.54) is 4.90 Å². The average Bonchev–Trinajstić information content (AvgIpc) is 3.47. The molecule has 0 saturated heterocycles. The second kappa shape index (κ2) is 17.3. The number of rotatable bonds is 16. The number of hydrogen-bond acceptors (Lipinski definition) is 11. The lowest BCUT2D eigenvalue weighted by atomic mass is 9.91. The Morgan fingerprint density at radius 3 is 2.44 bits per heavy atom. The third-order valence-corrected chi connectivity index (χ3v) is 10.3. The number of hydrogen-bond donors (Lipinski definition) is 0. The number of fused-ring (bicyclic) bond motifs is 1. The van der Waals surface area contributed by atoms with Gasteiger partial charge in [0.25, 0.3) is 5.91 Å². The van der Waals surface area contributed by atoms with Crippen LogP contribution in [0.25, 0.3) is 11.0 Å². The zero-order chi connectivity index (χ0) is 31.4. The van der Waals surface area contributed by atoms with Crippen molar-refractivity contribution in [3.05, 3.63) is 34.4 Å². The van der Waals surface area contributed by atoms with E-state index in [0.717, 1.165) is 35.6 Å². The maximum atomic E-state index is 13.0. The van der Waals surface area contributed by atoms with Gasteiger partial charge in [-0.1, -0.05) is 35.4 Å². The molecule has 1 aromatic carbocycles. The van der Waals surface area contributed by atoms with Crippen molar-refractivity contribution in [3.8, 4) is 0 Å². The molecule has 0 unspecified atom stereocenters. The van der Waals surface area contributed by atoms with E-state index in [1.54, 1.807) is 58.8 Å². The molecule has 13 heteroatoms. The fraction of sp³-hybridized carbons (Fsp3) is 0.600. The lowest BCUT2D eigenvalue weighted by Gasteiger charge is -2.34. The third kappa shape index (κ3) is 10.9. The molecule has 0 bridgehead atoms. The van der Waals surface area contributed by atoms with E-state index in [0.29, 0.717) is 48.2 Å². The highest BCUT2D eigenvalue weighted by molar-refractivity contribution is 8.78. The fourth-order valence-electron chi connectivity index (χ4n) is 4.59. The predicted molar refractivity (Wildman–Crippen MR) is 167 cm³/mol. The zero-order valence-electron chi connectivity index (χ0n) is 25.6. The molecule has 43 heavy (non-hydrogen) atoms. The van der Waals surface area contributed by atoms with E-state index in [1.807, 2.05) is 6.92 Å². The molecule has 2 aromatic rings. The summed E-state index contributed by atoms with van der Waals surface area (Å²) in [5, 5.41) is 7.57. The normalized spacial score (nSPS) is 17.3. The van der Waals surface area contributed by atoms with Crippen molar-refractivity contribution in [1.82, 2.24) is 20.1 Å². The van der Waals surface area contributed by atoms with Gasteiger partial charge in [0.1, 0.15) is 17.1 Å². The molecule has 11 nitrogen and oxygen atoms in total. The van der Waals surface area contributed by atoms with Gasteiger partial charge in [0.05, 0.1) is 6.61 Å². The summed E-state index contributed by atoms with van der Waals surface area (Å²) in [7, 11) is 6.82. The topological polar surface area (TPSA) is 132 Å². The van der Waals surface area contributed by atoms with Crippen molar-refractivity contribution < 1.29 is 33.3 Å².